The first-order chi connectivity index (χ1) is 9.85. The molecule has 4 heteroatoms. The highest BCUT2D eigenvalue weighted by atomic mass is 16.1. The lowest BCUT2D eigenvalue weighted by Gasteiger charge is -2.11. The van der Waals surface area contributed by atoms with Crippen LogP contribution in [0.15, 0.2) is 64.6 Å². The summed E-state index contributed by atoms with van der Waals surface area (Å²) in [5.41, 5.74) is 2.80. The van der Waals surface area contributed by atoms with Gasteiger partial charge in [0.1, 0.15) is 0 Å². The highest BCUT2D eigenvalue weighted by Gasteiger charge is 2.13. The van der Waals surface area contributed by atoms with E-state index in [1.165, 1.54) is 12.2 Å². The normalized spacial score (nSPS) is 11.0. The lowest BCUT2D eigenvalue weighted by atomic mass is 9.98. The van der Waals surface area contributed by atoms with E-state index in [2.05, 4.69) is 9.98 Å². The van der Waals surface area contributed by atoms with Gasteiger partial charge < -0.3 is 0 Å². The molecule has 0 saturated carbocycles. The van der Waals surface area contributed by atoms with Gasteiger partial charge in [-0.3, -0.25) is 0 Å². The number of isocyanates is 2. The van der Waals surface area contributed by atoms with E-state index in [9.17, 15) is 9.59 Å². The van der Waals surface area contributed by atoms with E-state index in [4.69, 9.17) is 0 Å². The molecule has 2 aromatic carbocycles. The number of hydrogen-bond acceptors (Lipinski definition) is 4. The topological polar surface area (TPSA) is 58.9 Å². The molecule has 0 aliphatic carbocycles. The standard InChI is InChI=1S/C16H12N2O2/c19-11-17-16(18-12-20)15-9-5-4-8-14(15)10-13-6-2-1-3-7-13/h1-9,16H,10H2. The minimum Gasteiger partial charge on any atom is -0.211 e. The van der Waals surface area contributed by atoms with Crippen LogP contribution in [0.4, 0.5) is 0 Å². The molecule has 4 nitrogen and oxygen atoms in total. The maximum atomic E-state index is 10.5. The Morgan fingerprint density at radius 2 is 1.45 bits per heavy atom. The number of rotatable bonds is 5. The lowest BCUT2D eigenvalue weighted by Crippen LogP contribution is -1.99. The molecule has 2 aromatic rings. The molecule has 0 atom stereocenters. The first-order valence-electron chi connectivity index (χ1n) is 6.11. The molecule has 0 aliphatic rings. The summed E-state index contributed by atoms with van der Waals surface area (Å²) in [6.45, 7) is 0. The van der Waals surface area contributed by atoms with Crippen LogP contribution in [0.3, 0.4) is 0 Å². The molecule has 0 aromatic heterocycles. The van der Waals surface area contributed by atoms with Crippen LogP contribution >= 0.6 is 0 Å². The summed E-state index contributed by atoms with van der Waals surface area (Å²) in [7, 11) is 0. The quantitative estimate of drug-likeness (QED) is 0.615. The van der Waals surface area contributed by atoms with Crippen molar-refractivity contribution in [2.75, 3.05) is 0 Å². The summed E-state index contributed by atoms with van der Waals surface area (Å²) in [6, 6.07) is 17.3. The Morgan fingerprint density at radius 3 is 2.10 bits per heavy atom. The van der Waals surface area contributed by atoms with Gasteiger partial charge in [0.25, 0.3) is 0 Å². The number of carbonyl (C=O) groups excluding carboxylic acids is 2. The Kier molecular flexibility index (Phi) is 4.74. The van der Waals surface area contributed by atoms with Crippen LogP contribution in [0, 0.1) is 0 Å². The second kappa shape index (κ2) is 6.95. The molecule has 2 rings (SSSR count). The van der Waals surface area contributed by atoms with Gasteiger partial charge in [-0.05, 0) is 17.5 Å². The summed E-state index contributed by atoms with van der Waals surface area (Å²) < 4.78 is 0. The molecule has 0 radical (unpaired) electrons. The summed E-state index contributed by atoms with van der Waals surface area (Å²) in [4.78, 5) is 28.0. The predicted octanol–water partition coefficient (Wildman–Crippen LogP) is 2.95. The van der Waals surface area contributed by atoms with Gasteiger partial charge in [-0.2, -0.15) is 9.98 Å². The zero-order valence-electron chi connectivity index (χ0n) is 10.7. The highest BCUT2D eigenvalue weighted by Crippen LogP contribution is 2.24. The molecule has 0 N–H and O–H groups in total. The van der Waals surface area contributed by atoms with E-state index < -0.39 is 6.17 Å². The van der Waals surface area contributed by atoms with E-state index in [-0.39, 0.29) is 0 Å². The fourth-order valence-corrected chi connectivity index (χ4v) is 2.03. The maximum Gasteiger partial charge on any atom is 0.237 e. The number of benzene rings is 2. The van der Waals surface area contributed by atoms with Crippen LogP contribution in [0.2, 0.25) is 0 Å². The Bertz CT molecular complexity index is 652. The van der Waals surface area contributed by atoms with Crippen molar-refractivity contribution in [3.63, 3.8) is 0 Å². The summed E-state index contributed by atoms with van der Waals surface area (Å²) in [5, 5.41) is 0. The van der Waals surface area contributed by atoms with Crippen LogP contribution in [-0.4, -0.2) is 12.2 Å². The van der Waals surface area contributed by atoms with Crippen molar-refractivity contribution in [1.29, 1.82) is 0 Å². The molecule has 0 spiro atoms. The Hall–Kier alpha value is -2.80. The molecular formula is C16H12N2O2. The van der Waals surface area contributed by atoms with Gasteiger partial charge in [0.2, 0.25) is 12.2 Å². The third-order valence-electron chi connectivity index (χ3n) is 2.92. The van der Waals surface area contributed by atoms with Gasteiger partial charge in [-0.25, -0.2) is 9.59 Å². The third-order valence-corrected chi connectivity index (χ3v) is 2.92. The van der Waals surface area contributed by atoms with Gasteiger partial charge >= 0.3 is 0 Å². The lowest BCUT2D eigenvalue weighted by molar-refractivity contribution is 0.551. The number of hydrogen-bond donors (Lipinski definition) is 0. The summed E-state index contributed by atoms with van der Waals surface area (Å²) >= 11 is 0. The Morgan fingerprint density at radius 1 is 0.850 bits per heavy atom. The number of aliphatic imine (C=N–C) groups is 2. The van der Waals surface area contributed by atoms with Crippen molar-refractivity contribution >= 4 is 12.2 Å². The molecular weight excluding hydrogens is 252 g/mol. The molecule has 0 bridgehead atoms. The van der Waals surface area contributed by atoms with Crippen molar-refractivity contribution < 1.29 is 9.59 Å². The van der Waals surface area contributed by atoms with Gasteiger partial charge in [-0.15, -0.1) is 0 Å². The predicted molar refractivity (Wildman–Crippen MR) is 74.7 cm³/mol. The SMILES string of the molecule is O=C=NC(N=C=O)c1ccccc1Cc1ccccc1. The molecule has 20 heavy (non-hydrogen) atoms. The van der Waals surface area contributed by atoms with Crippen LogP contribution in [0.25, 0.3) is 0 Å². The van der Waals surface area contributed by atoms with Crippen molar-refractivity contribution in [2.45, 2.75) is 12.6 Å². The van der Waals surface area contributed by atoms with Crippen LogP contribution in [0.1, 0.15) is 22.9 Å². The minimum atomic E-state index is -0.870. The molecule has 98 valence electrons. The average Bonchev–Trinajstić information content (AvgIpc) is 2.49. The van der Waals surface area contributed by atoms with E-state index in [1.54, 1.807) is 6.07 Å². The van der Waals surface area contributed by atoms with Gasteiger partial charge in [0.15, 0.2) is 6.17 Å². The summed E-state index contributed by atoms with van der Waals surface area (Å²) in [6.07, 6.45) is 2.70. The number of nitrogens with zero attached hydrogens (tertiary/aromatic N) is 2. The smallest absolute Gasteiger partial charge is 0.211 e. The maximum absolute atomic E-state index is 10.5. The average molecular weight is 264 g/mol. The molecule has 0 aliphatic heterocycles. The van der Waals surface area contributed by atoms with Crippen molar-refractivity contribution in [3.8, 4) is 0 Å². The largest absolute Gasteiger partial charge is 0.237 e. The molecule has 0 amide bonds. The van der Waals surface area contributed by atoms with Gasteiger partial charge in [-0.1, -0.05) is 54.6 Å². The zero-order chi connectivity index (χ0) is 14.2. The molecule has 0 fully saturated rings. The second-order valence-electron chi connectivity index (χ2n) is 4.18. The van der Waals surface area contributed by atoms with E-state index in [0.29, 0.717) is 12.0 Å². The first kappa shape index (κ1) is 13.6. The fraction of sp³-hybridized carbons (Fsp3) is 0.125. The summed E-state index contributed by atoms with van der Waals surface area (Å²) in [5.74, 6) is 0. The fourth-order valence-electron chi connectivity index (χ4n) is 2.03. The van der Waals surface area contributed by atoms with Crippen molar-refractivity contribution in [2.24, 2.45) is 9.98 Å². The zero-order valence-corrected chi connectivity index (χ0v) is 10.7. The van der Waals surface area contributed by atoms with Crippen LogP contribution < -0.4 is 0 Å². The third kappa shape index (κ3) is 3.36. The molecule has 0 saturated heterocycles. The Balaban J connectivity index is 2.39. The molecule has 0 heterocycles. The van der Waals surface area contributed by atoms with Crippen LogP contribution in [-0.2, 0) is 16.0 Å². The van der Waals surface area contributed by atoms with Crippen molar-refractivity contribution in [1.82, 2.24) is 0 Å². The second-order valence-corrected chi connectivity index (χ2v) is 4.18. The van der Waals surface area contributed by atoms with Crippen LogP contribution in [0.5, 0.6) is 0 Å². The minimum absolute atomic E-state index is 0.677. The van der Waals surface area contributed by atoms with E-state index >= 15 is 0 Å². The highest BCUT2D eigenvalue weighted by molar-refractivity contribution is 5.42. The Labute approximate surface area is 116 Å². The monoisotopic (exact) mass is 264 g/mol. The van der Waals surface area contributed by atoms with E-state index in [0.717, 1.165) is 11.1 Å². The molecule has 0 unspecified atom stereocenters. The van der Waals surface area contributed by atoms with Gasteiger partial charge in [0, 0.05) is 5.56 Å². The van der Waals surface area contributed by atoms with Crippen molar-refractivity contribution in [3.05, 3.63) is 71.3 Å². The van der Waals surface area contributed by atoms with E-state index in [1.807, 2.05) is 48.5 Å². The van der Waals surface area contributed by atoms with Gasteiger partial charge in [0.05, 0.1) is 0 Å². The first-order valence-corrected chi connectivity index (χ1v) is 6.11.